The summed E-state index contributed by atoms with van der Waals surface area (Å²) < 4.78 is 1.89. The van der Waals surface area contributed by atoms with Crippen LogP contribution in [0.3, 0.4) is 0 Å². The van der Waals surface area contributed by atoms with Crippen LogP contribution in [0.25, 0.3) is 16.8 Å². The lowest BCUT2D eigenvalue weighted by molar-refractivity contribution is 0.402. The Bertz CT molecular complexity index is 1020. The van der Waals surface area contributed by atoms with Gasteiger partial charge in [0.1, 0.15) is 6.33 Å². The molecule has 0 radical (unpaired) electrons. The van der Waals surface area contributed by atoms with Gasteiger partial charge in [-0.2, -0.15) is 0 Å². The second-order valence-electron chi connectivity index (χ2n) is 6.79. The van der Waals surface area contributed by atoms with Crippen LogP contribution in [0.5, 0.6) is 0 Å². The summed E-state index contributed by atoms with van der Waals surface area (Å²) >= 11 is 0. The van der Waals surface area contributed by atoms with Crippen LogP contribution in [0, 0.1) is 0 Å². The Labute approximate surface area is 158 Å². The van der Waals surface area contributed by atoms with Crippen LogP contribution in [0.1, 0.15) is 11.1 Å². The highest BCUT2D eigenvalue weighted by molar-refractivity contribution is 5.77. The predicted molar refractivity (Wildman–Crippen MR) is 107 cm³/mol. The van der Waals surface area contributed by atoms with Gasteiger partial charge in [-0.15, -0.1) is 10.2 Å². The van der Waals surface area contributed by atoms with E-state index in [0.717, 1.165) is 29.3 Å². The summed E-state index contributed by atoms with van der Waals surface area (Å²) in [5.74, 6) is 0.729. The Morgan fingerprint density at radius 3 is 2.48 bits per heavy atom. The molecule has 0 saturated carbocycles. The van der Waals surface area contributed by atoms with E-state index in [1.54, 1.807) is 6.33 Å². The first kappa shape index (κ1) is 17.2. The molecule has 6 heteroatoms. The van der Waals surface area contributed by atoms with E-state index in [9.17, 15) is 0 Å². The maximum absolute atomic E-state index is 4.60. The minimum Gasteiger partial charge on any atom is -0.351 e. The fourth-order valence-electron chi connectivity index (χ4n) is 3.09. The molecule has 1 N–H and O–H groups in total. The van der Waals surface area contributed by atoms with Crippen molar-refractivity contribution in [2.24, 2.45) is 0 Å². The Hall–Kier alpha value is -3.25. The zero-order chi connectivity index (χ0) is 18.6. The molecule has 0 unspecified atom stereocenters. The zero-order valence-corrected chi connectivity index (χ0v) is 15.5. The van der Waals surface area contributed by atoms with Crippen LogP contribution in [-0.2, 0) is 13.1 Å². The minimum absolute atomic E-state index is 0.694. The van der Waals surface area contributed by atoms with Gasteiger partial charge < -0.3 is 10.2 Å². The molecule has 27 heavy (non-hydrogen) atoms. The first-order valence-corrected chi connectivity index (χ1v) is 8.91. The fourth-order valence-corrected chi connectivity index (χ4v) is 3.09. The van der Waals surface area contributed by atoms with Crippen LogP contribution in [0.2, 0.25) is 0 Å². The minimum atomic E-state index is 0.694. The lowest BCUT2D eigenvalue weighted by Gasteiger charge is -2.12. The van der Waals surface area contributed by atoms with Gasteiger partial charge in [0.25, 0.3) is 0 Å². The number of anilines is 1. The SMILES string of the molecule is CN(C)Cc1ccc(-c2cnc(NCc3ccccc3)n3cnnc23)cc1. The van der Waals surface area contributed by atoms with Crippen molar-refractivity contribution >= 4 is 11.6 Å². The summed E-state index contributed by atoms with van der Waals surface area (Å²) in [6.07, 6.45) is 3.55. The van der Waals surface area contributed by atoms with E-state index < -0.39 is 0 Å². The van der Waals surface area contributed by atoms with Gasteiger partial charge in [0.15, 0.2) is 5.65 Å². The average molecular weight is 358 g/mol. The fraction of sp³-hybridized carbons (Fsp3) is 0.190. The van der Waals surface area contributed by atoms with Crippen molar-refractivity contribution in [3.63, 3.8) is 0 Å². The number of nitrogens with one attached hydrogen (secondary N) is 1. The van der Waals surface area contributed by atoms with Crippen molar-refractivity contribution in [3.8, 4) is 11.1 Å². The molecule has 0 atom stereocenters. The molecular formula is C21H22N6. The summed E-state index contributed by atoms with van der Waals surface area (Å²) in [7, 11) is 4.14. The third-order valence-electron chi connectivity index (χ3n) is 4.39. The van der Waals surface area contributed by atoms with Crippen molar-refractivity contribution in [2.45, 2.75) is 13.1 Å². The Balaban J connectivity index is 1.61. The van der Waals surface area contributed by atoms with E-state index in [0.29, 0.717) is 6.54 Å². The quantitative estimate of drug-likeness (QED) is 0.572. The van der Waals surface area contributed by atoms with Crippen molar-refractivity contribution in [1.29, 1.82) is 0 Å². The molecule has 4 aromatic rings. The molecule has 0 amide bonds. The van der Waals surface area contributed by atoms with Gasteiger partial charge in [-0.3, -0.25) is 4.40 Å². The second-order valence-corrected chi connectivity index (χ2v) is 6.79. The van der Waals surface area contributed by atoms with Gasteiger partial charge in [0.2, 0.25) is 5.95 Å². The van der Waals surface area contributed by atoms with Crippen LogP contribution in [0.4, 0.5) is 5.95 Å². The molecule has 0 saturated heterocycles. The lowest BCUT2D eigenvalue weighted by Crippen LogP contribution is -2.10. The Morgan fingerprint density at radius 1 is 0.963 bits per heavy atom. The van der Waals surface area contributed by atoms with Gasteiger partial charge in [-0.25, -0.2) is 4.98 Å². The van der Waals surface area contributed by atoms with Crippen LogP contribution >= 0.6 is 0 Å². The molecule has 2 aromatic carbocycles. The van der Waals surface area contributed by atoms with Gasteiger partial charge in [0.05, 0.1) is 0 Å². The number of hydrogen-bond donors (Lipinski definition) is 1. The van der Waals surface area contributed by atoms with Gasteiger partial charge >= 0.3 is 0 Å². The number of benzene rings is 2. The largest absolute Gasteiger partial charge is 0.351 e. The Morgan fingerprint density at radius 2 is 1.74 bits per heavy atom. The van der Waals surface area contributed by atoms with Gasteiger partial charge in [0, 0.05) is 24.8 Å². The molecule has 0 aliphatic heterocycles. The standard InChI is InChI=1S/C21H22N6/c1-26(2)14-17-8-10-18(11-9-17)19-13-23-21(27-15-24-25-20(19)27)22-12-16-6-4-3-5-7-16/h3-11,13,15H,12,14H2,1-2H3,(H,22,23). The first-order chi connectivity index (χ1) is 13.2. The maximum Gasteiger partial charge on any atom is 0.210 e. The molecule has 0 aliphatic rings. The number of nitrogens with zero attached hydrogens (tertiary/aromatic N) is 5. The number of fused-ring (bicyclic) bond motifs is 1. The summed E-state index contributed by atoms with van der Waals surface area (Å²) in [6, 6.07) is 18.7. The van der Waals surface area contributed by atoms with Crippen molar-refractivity contribution in [3.05, 3.63) is 78.2 Å². The zero-order valence-electron chi connectivity index (χ0n) is 15.5. The lowest BCUT2D eigenvalue weighted by atomic mass is 10.1. The highest BCUT2D eigenvalue weighted by Crippen LogP contribution is 2.25. The molecule has 0 bridgehead atoms. The molecule has 0 spiro atoms. The molecule has 2 aromatic heterocycles. The van der Waals surface area contributed by atoms with Crippen molar-refractivity contribution < 1.29 is 0 Å². The highest BCUT2D eigenvalue weighted by Gasteiger charge is 2.11. The van der Waals surface area contributed by atoms with Crippen LogP contribution < -0.4 is 5.32 Å². The molecule has 0 fully saturated rings. The molecular weight excluding hydrogens is 336 g/mol. The topological polar surface area (TPSA) is 58.4 Å². The molecule has 2 heterocycles. The number of aromatic nitrogens is 4. The molecule has 4 rings (SSSR count). The van der Waals surface area contributed by atoms with E-state index in [1.807, 2.05) is 28.8 Å². The van der Waals surface area contributed by atoms with E-state index in [-0.39, 0.29) is 0 Å². The third-order valence-corrected chi connectivity index (χ3v) is 4.39. The number of hydrogen-bond acceptors (Lipinski definition) is 5. The van der Waals surface area contributed by atoms with Gasteiger partial charge in [-0.05, 0) is 30.8 Å². The van der Waals surface area contributed by atoms with Gasteiger partial charge in [-0.1, -0.05) is 54.6 Å². The monoisotopic (exact) mass is 358 g/mol. The van der Waals surface area contributed by atoms with Crippen LogP contribution in [-0.4, -0.2) is 38.6 Å². The molecule has 136 valence electrons. The van der Waals surface area contributed by atoms with E-state index in [1.165, 1.54) is 11.1 Å². The second kappa shape index (κ2) is 7.55. The normalized spacial score (nSPS) is 11.2. The summed E-state index contributed by atoms with van der Waals surface area (Å²) in [6.45, 7) is 1.61. The summed E-state index contributed by atoms with van der Waals surface area (Å²) in [5, 5.41) is 11.8. The van der Waals surface area contributed by atoms with E-state index in [4.69, 9.17) is 0 Å². The highest BCUT2D eigenvalue weighted by atomic mass is 15.3. The van der Waals surface area contributed by atoms with E-state index >= 15 is 0 Å². The van der Waals surface area contributed by atoms with Crippen molar-refractivity contribution in [2.75, 3.05) is 19.4 Å². The molecule has 0 aliphatic carbocycles. The van der Waals surface area contributed by atoms with Crippen LogP contribution in [0.15, 0.2) is 67.1 Å². The Kier molecular flexibility index (Phi) is 4.80. The summed E-state index contributed by atoms with van der Waals surface area (Å²) in [5.41, 5.74) is 5.31. The average Bonchev–Trinajstić information content (AvgIpc) is 3.17. The maximum atomic E-state index is 4.60. The van der Waals surface area contributed by atoms with E-state index in [2.05, 4.69) is 75.9 Å². The first-order valence-electron chi connectivity index (χ1n) is 8.91. The van der Waals surface area contributed by atoms with Crippen molar-refractivity contribution in [1.82, 2.24) is 24.5 Å². The number of rotatable bonds is 6. The predicted octanol–water partition coefficient (Wildman–Crippen LogP) is 3.47. The third kappa shape index (κ3) is 3.80. The smallest absolute Gasteiger partial charge is 0.210 e. The molecule has 6 nitrogen and oxygen atoms in total. The summed E-state index contributed by atoms with van der Waals surface area (Å²) in [4.78, 5) is 6.76.